The summed E-state index contributed by atoms with van der Waals surface area (Å²) >= 11 is 7.17. The summed E-state index contributed by atoms with van der Waals surface area (Å²) < 4.78 is 7.47. The molecular weight excluding hydrogens is 558 g/mol. The van der Waals surface area contributed by atoms with Crippen LogP contribution in [0.25, 0.3) is 0 Å². The van der Waals surface area contributed by atoms with E-state index < -0.39 is 18.1 Å². The molecule has 1 amide bonds. The number of carboxylic acid groups (broad SMARTS) is 1. The summed E-state index contributed by atoms with van der Waals surface area (Å²) in [4.78, 5) is 26.9. The minimum atomic E-state index is -1.08. The average Bonchev–Trinajstić information content (AvgIpc) is 2.75. The van der Waals surface area contributed by atoms with E-state index in [0.29, 0.717) is 39.9 Å². The van der Waals surface area contributed by atoms with Crippen LogP contribution in [0, 0.1) is 0 Å². The summed E-state index contributed by atoms with van der Waals surface area (Å²) in [5.41, 5.74) is 1.59. The first kappa shape index (κ1) is 25.3. The van der Waals surface area contributed by atoms with E-state index in [4.69, 9.17) is 4.74 Å². The van der Waals surface area contributed by atoms with Crippen molar-refractivity contribution in [3.8, 4) is 17.2 Å². The van der Waals surface area contributed by atoms with E-state index in [0.717, 1.165) is 17.8 Å². The predicted octanol–water partition coefficient (Wildman–Crippen LogP) is 4.15. The number of halogens is 2. The molecule has 8 nitrogen and oxygen atoms in total. The maximum atomic E-state index is 11.8. The lowest BCUT2D eigenvalue weighted by Crippen LogP contribution is -2.62. The molecule has 1 fully saturated rings. The molecule has 1 aliphatic heterocycles. The van der Waals surface area contributed by atoms with Crippen LogP contribution in [0.3, 0.4) is 0 Å². The summed E-state index contributed by atoms with van der Waals surface area (Å²) in [6.45, 7) is 5.82. The van der Waals surface area contributed by atoms with Gasteiger partial charge in [0.05, 0.1) is 15.0 Å². The highest BCUT2D eigenvalue weighted by molar-refractivity contribution is 9.11. The highest BCUT2D eigenvalue weighted by Gasteiger charge is 2.36. The van der Waals surface area contributed by atoms with Gasteiger partial charge >= 0.3 is 5.97 Å². The fourth-order valence-corrected chi connectivity index (χ4v) is 5.29. The second-order valence-corrected chi connectivity index (χ2v) is 10.0. The molecule has 178 valence electrons. The molecule has 3 N–H and O–H groups in total. The van der Waals surface area contributed by atoms with E-state index in [2.05, 4.69) is 37.2 Å². The molecule has 0 aliphatic carbocycles. The third-order valence-electron chi connectivity index (χ3n) is 5.68. The van der Waals surface area contributed by atoms with Gasteiger partial charge in [-0.1, -0.05) is 13.8 Å². The summed E-state index contributed by atoms with van der Waals surface area (Å²) in [7, 11) is 1.93. The average molecular weight is 585 g/mol. The van der Waals surface area contributed by atoms with E-state index in [1.165, 1.54) is 0 Å². The standard InChI is InChI=1S/C23H27Br2N3O5/c1-13(2)16-10-15(4-5-20(16)30)33-22-17(24)8-14(9-18(22)25)28-7-6-27(3)11-19(28)21(23(31)32)26-12-29/h4-5,8-10,12-13,19,21,30H,6-7,11H2,1-3H3,(H,26,29)(H,31,32). The molecule has 2 aromatic rings. The molecule has 2 atom stereocenters. The molecule has 1 saturated heterocycles. The Morgan fingerprint density at radius 3 is 2.45 bits per heavy atom. The van der Waals surface area contributed by atoms with Gasteiger partial charge in [0.2, 0.25) is 6.41 Å². The number of aromatic hydroxyl groups is 1. The summed E-state index contributed by atoms with van der Waals surface area (Å²) in [5.74, 6) is 0.427. The van der Waals surface area contributed by atoms with Gasteiger partial charge in [0.15, 0.2) is 5.75 Å². The first-order valence-electron chi connectivity index (χ1n) is 10.5. The lowest BCUT2D eigenvalue weighted by Gasteiger charge is -2.43. The number of anilines is 1. The fourth-order valence-electron chi connectivity index (χ4n) is 3.97. The number of rotatable bonds is 8. The normalized spacial score (nSPS) is 17.6. The number of likely N-dealkylation sites (N-methyl/N-ethyl adjacent to an activating group) is 1. The number of phenols is 1. The largest absolute Gasteiger partial charge is 0.508 e. The number of nitrogens with one attached hydrogen (secondary N) is 1. The number of carboxylic acids is 1. The summed E-state index contributed by atoms with van der Waals surface area (Å²) in [5, 5.41) is 22.2. The molecule has 1 aliphatic rings. The zero-order chi connectivity index (χ0) is 24.3. The number of piperazine rings is 1. The van der Waals surface area contributed by atoms with Crippen molar-refractivity contribution < 1.29 is 24.5 Å². The van der Waals surface area contributed by atoms with Gasteiger partial charge in [-0.3, -0.25) is 4.79 Å². The Kier molecular flexibility index (Phi) is 8.25. The van der Waals surface area contributed by atoms with Gasteiger partial charge in [-0.15, -0.1) is 0 Å². The molecule has 0 radical (unpaired) electrons. The summed E-state index contributed by atoms with van der Waals surface area (Å²) in [6, 6.07) is 7.37. The van der Waals surface area contributed by atoms with Crippen LogP contribution in [0.15, 0.2) is 39.3 Å². The number of carbonyl (C=O) groups excluding carboxylic acids is 1. The molecule has 2 aromatic carbocycles. The number of amides is 1. The zero-order valence-corrected chi connectivity index (χ0v) is 21.8. The molecule has 2 unspecified atom stereocenters. The van der Waals surface area contributed by atoms with Gasteiger partial charge in [-0.2, -0.15) is 0 Å². The van der Waals surface area contributed by atoms with Gasteiger partial charge in [-0.25, -0.2) is 4.79 Å². The molecule has 0 saturated carbocycles. The van der Waals surface area contributed by atoms with E-state index >= 15 is 0 Å². The Morgan fingerprint density at radius 2 is 1.88 bits per heavy atom. The van der Waals surface area contributed by atoms with Gasteiger partial charge in [0.25, 0.3) is 0 Å². The molecule has 33 heavy (non-hydrogen) atoms. The van der Waals surface area contributed by atoms with Crippen LogP contribution in [-0.2, 0) is 9.59 Å². The smallest absolute Gasteiger partial charge is 0.328 e. The van der Waals surface area contributed by atoms with E-state index in [9.17, 15) is 19.8 Å². The van der Waals surface area contributed by atoms with Crippen LogP contribution in [0.4, 0.5) is 5.69 Å². The molecular formula is C23H27Br2N3O5. The Hall–Kier alpha value is -2.30. The molecule has 0 spiro atoms. The van der Waals surface area contributed by atoms with Crippen molar-refractivity contribution >= 4 is 49.9 Å². The lowest BCUT2D eigenvalue weighted by molar-refractivity contribution is -0.141. The second-order valence-electron chi connectivity index (χ2n) is 8.34. The Morgan fingerprint density at radius 1 is 1.21 bits per heavy atom. The lowest BCUT2D eigenvalue weighted by atomic mass is 10.0. The number of hydrogen-bond donors (Lipinski definition) is 3. The Labute approximate surface area is 209 Å². The number of nitrogens with zero attached hydrogens (tertiary/aromatic N) is 2. The van der Waals surface area contributed by atoms with Crippen LogP contribution in [0.5, 0.6) is 17.2 Å². The molecule has 10 heteroatoms. The maximum absolute atomic E-state index is 11.8. The van der Waals surface area contributed by atoms with Gasteiger partial charge < -0.3 is 30.1 Å². The van der Waals surface area contributed by atoms with Crippen molar-refractivity contribution in [1.29, 1.82) is 0 Å². The minimum absolute atomic E-state index is 0.138. The molecule has 3 rings (SSSR count). The van der Waals surface area contributed by atoms with Crippen LogP contribution < -0.4 is 15.0 Å². The van der Waals surface area contributed by atoms with Crippen LogP contribution in [-0.4, -0.2) is 66.3 Å². The number of benzene rings is 2. The minimum Gasteiger partial charge on any atom is -0.508 e. The van der Waals surface area contributed by atoms with E-state index in [1.807, 2.05) is 48.9 Å². The number of ether oxygens (including phenoxy) is 1. The highest BCUT2D eigenvalue weighted by atomic mass is 79.9. The number of phenolic OH excluding ortho intramolecular Hbond substituents is 1. The third-order valence-corrected chi connectivity index (χ3v) is 6.85. The third kappa shape index (κ3) is 5.80. The molecule has 0 bridgehead atoms. The predicted molar refractivity (Wildman–Crippen MR) is 133 cm³/mol. The monoisotopic (exact) mass is 583 g/mol. The summed E-state index contributed by atoms with van der Waals surface area (Å²) in [6.07, 6.45) is 0.428. The van der Waals surface area contributed by atoms with Crippen molar-refractivity contribution in [1.82, 2.24) is 10.2 Å². The van der Waals surface area contributed by atoms with Crippen molar-refractivity contribution in [2.75, 3.05) is 31.6 Å². The number of carbonyl (C=O) groups is 2. The van der Waals surface area contributed by atoms with Crippen molar-refractivity contribution in [3.05, 3.63) is 44.8 Å². The Balaban J connectivity index is 1.93. The SMILES string of the molecule is CC(C)c1cc(Oc2c(Br)cc(N3CCN(C)CC3C(NC=O)C(=O)O)cc2Br)ccc1O. The number of aliphatic carboxylic acids is 1. The molecule has 0 aromatic heterocycles. The van der Waals surface area contributed by atoms with Gasteiger partial charge in [-0.05, 0) is 75.2 Å². The quantitative estimate of drug-likeness (QED) is 0.401. The Bertz CT molecular complexity index is 1010. The van der Waals surface area contributed by atoms with Crippen molar-refractivity contribution in [3.63, 3.8) is 0 Å². The van der Waals surface area contributed by atoms with Crippen LogP contribution in [0.1, 0.15) is 25.3 Å². The second kappa shape index (κ2) is 10.8. The first-order chi connectivity index (χ1) is 15.6. The van der Waals surface area contributed by atoms with E-state index in [1.54, 1.807) is 12.1 Å². The van der Waals surface area contributed by atoms with Crippen LogP contribution >= 0.6 is 31.9 Å². The van der Waals surface area contributed by atoms with Crippen molar-refractivity contribution in [2.45, 2.75) is 31.8 Å². The van der Waals surface area contributed by atoms with Gasteiger partial charge in [0, 0.05) is 30.9 Å². The maximum Gasteiger partial charge on any atom is 0.328 e. The van der Waals surface area contributed by atoms with Gasteiger partial charge in [0.1, 0.15) is 17.5 Å². The van der Waals surface area contributed by atoms with Crippen molar-refractivity contribution in [2.24, 2.45) is 0 Å². The topological polar surface area (TPSA) is 102 Å². The fraction of sp³-hybridized carbons (Fsp3) is 0.391. The number of hydrogen-bond acceptors (Lipinski definition) is 6. The molecule has 1 heterocycles. The first-order valence-corrected chi connectivity index (χ1v) is 12.1. The van der Waals surface area contributed by atoms with Crippen LogP contribution in [0.2, 0.25) is 0 Å². The highest BCUT2D eigenvalue weighted by Crippen LogP contribution is 2.42. The van der Waals surface area contributed by atoms with E-state index in [-0.39, 0.29) is 11.7 Å². The zero-order valence-electron chi connectivity index (χ0n) is 18.6.